The molecule has 0 saturated carbocycles. The van der Waals surface area contributed by atoms with Gasteiger partial charge in [0.15, 0.2) is 5.69 Å². The minimum absolute atomic E-state index is 0.115. The molecule has 0 radical (unpaired) electrons. The molecule has 1 aromatic rings. The molecule has 4 heteroatoms. The SMILES string of the molecule is O=C(O)c1ncccc1CBr. The molecular formula is C7H6BrNO2. The van der Waals surface area contributed by atoms with Crippen LogP contribution in [0.3, 0.4) is 0 Å². The van der Waals surface area contributed by atoms with E-state index in [4.69, 9.17) is 5.11 Å². The number of aromatic nitrogens is 1. The molecule has 0 bridgehead atoms. The third-order valence-corrected chi connectivity index (χ3v) is 1.84. The van der Waals surface area contributed by atoms with Crippen LogP contribution in [0.15, 0.2) is 18.3 Å². The van der Waals surface area contributed by atoms with E-state index in [2.05, 4.69) is 20.9 Å². The van der Waals surface area contributed by atoms with Gasteiger partial charge >= 0.3 is 5.97 Å². The average Bonchev–Trinajstić information content (AvgIpc) is 2.04. The fourth-order valence-corrected chi connectivity index (χ4v) is 1.19. The second-order valence-electron chi connectivity index (χ2n) is 1.95. The smallest absolute Gasteiger partial charge is 0.354 e. The molecule has 3 nitrogen and oxygen atoms in total. The quantitative estimate of drug-likeness (QED) is 0.765. The number of hydrogen-bond acceptors (Lipinski definition) is 2. The van der Waals surface area contributed by atoms with E-state index in [1.165, 1.54) is 6.20 Å². The van der Waals surface area contributed by atoms with Crippen molar-refractivity contribution in [3.8, 4) is 0 Å². The van der Waals surface area contributed by atoms with Gasteiger partial charge in [0.05, 0.1) is 0 Å². The van der Waals surface area contributed by atoms with Gasteiger partial charge in [-0.3, -0.25) is 0 Å². The van der Waals surface area contributed by atoms with E-state index in [1.807, 2.05) is 0 Å². The van der Waals surface area contributed by atoms with Crippen LogP contribution in [0.4, 0.5) is 0 Å². The molecule has 0 aliphatic heterocycles. The Hall–Kier alpha value is -0.900. The Labute approximate surface area is 72.2 Å². The number of aromatic carboxylic acids is 1. The van der Waals surface area contributed by atoms with Crippen LogP contribution in [0, 0.1) is 0 Å². The highest BCUT2D eigenvalue weighted by Gasteiger charge is 2.08. The Morgan fingerprint density at radius 3 is 2.91 bits per heavy atom. The molecule has 11 heavy (non-hydrogen) atoms. The minimum Gasteiger partial charge on any atom is -0.477 e. The van der Waals surface area contributed by atoms with E-state index >= 15 is 0 Å². The number of nitrogens with zero attached hydrogens (tertiary/aromatic N) is 1. The molecular weight excluding hydrogens is 210 g/mol. The first-order valence-corrected chi connectivity index (χ1v) is 4.11. The van der Waals surface area contributed by atoms with Gasteiger partial charge in [0.25, 0.3) is 0 Å². The fourth-order valence-electron chi connectivity index (χ4n) is 0.739. The number of pyridine rings is 1. The molecule has 0 saturated heterocycles. The molecule has 0 aliphatic rings. The molecule has 0 amide bonds. The van der Waals surface area contributed by atoms with E-state index < -0.39 is 5.97 Å². The van der Waals surface area contributed by atoms with Gasteiger partial charge in [0.1, 0.15) is 0 Å². The molecule has 0 aromatic carbocycles. The van der Waals surface area contributed by atoms with Crippen molar-refractivity contribution in [3.05, 3.63) is 29.6 Å². The Kier molecular flexibility index (Phi) is 2.59. The predicted octanol–water partition coefficient (Wildman–Crippen LogP) is 1.67. The van der Waals surface area contributed by atoms with Crippen molar-refractivity contribution in [2.24, 2.45) is 0 Å². The van der Waals surface area contributed by atoms with Crippen LogP contribution in [0.25, 0.3) is 0 Å². The summed E-state index contributed by atoms with van der Waals surface area (Å²) >= 11 is 3.17. The summed E-state index contributed by atoms with van der Waals surface area (Å²) in [4.78, 5) is 14.2. The van der Waals surface area contributed by atoms with Crippen molar-refractivity contribution in [1.82, 2.24) is 4.98 Å². The lowest BCUT2D eigenvalue weighted by Gasteiger charge is -1.98. The van der Waals surface area contributed by atoms with Gasteiger partial charge in [-0.15, -0.1) is 0 Å². The lowest BCUT2D eigenvalue weighted by atomic mass is 10.2. The summed E-state index contributed by atoms with van der Waals surface area (Å²) < 4.78 is 0. The second-order valence-corrected chi connectivity index (χ2v) is 2.51. The number of carbonyl (C=O) groups is 1. The monoisotopic (exact) mass is 215 g/mol. The van der Waals surface area contributed by atoms with Crippen molar-refractivity contribution in [2.45, 2.75) is 5.33 Å². The van der Waals surface area contributed by atoms with Gasteiger partial charge in [-0.1, -0.05) is 22.0 Å². The third kappa shape index (κ3) is 1.77. The van der Waals surface area contributed by atoms with Crippen molar-refractivity contribution in [3.63, 3.8) is 0 Å². The van der Waals surface area contributed by atoms with E-state index in [0.717, 1.165) is 0 Å². The number of carboxylic acids is 1. The highest BCUT2D eigenvalue weighted by molar-refractivity contribution is 9.08. The lowest BCUT2D eigenvalue weighted by molar-refractivity contribution is 0.0689. The maximum atomic E-state index is 10.5. The molecule has 1 rings (SSSR count). The number of alkyl halides is 1. The summed E-state index contributed by atoms with van der Waals surface area (Å²) in [6.07, 6.45) is 1.47. The molecule has 1 heterocycles. The van der Waals surface area contributed by atoms with Crippen LogP contribution in [0.5, 0.6) is 0 Å². The summed E-state index contributed by atoms with van der Waals surface area (Å²) in [5.74, 6) is -0.986. The number of carboxylic acid groups (broad SMARTS) is 1. The van der Waals surface area contributed by atoms with Crippen molar-refractivity contribution < 1.29 is 9.90 Å². The molecule has 58 valence electrons. The first-order chi connectivity index (χ1) is 5.25. The normalized spacial score (nSPS) is 9.55. The van der Waals surface area contributed by atoms with Crippen LogP contribution in [-0.4, -0.2) is 16.1 Å². The minimum atomic E-state index is -0.986. The number of halogens is 1. The standard InChI is InChI=1S/C7H6BrNO2/c8-4-5-2-1-3-9-6(5)7(10)11/h1-3H,4H2,(H,10,11). The largest absolute Gasteiger partial charge is 0.477 e. The van der Waals surface area contributed by atoms with Gasteiger partial charge in [-0.05, 0) is 11.6 Å². The molecule has 1 aromatic heterocycles. The third-order valence-electron chi connectivity index (χ3n) is 1.24. The van der Waals surface area contributed by atoms with Crippen LogP contribution in [-0.2, 0) is 5.33 Å². The van der Waals surface area contributed by atoms with Crippen molar-refractivity contribution >= 4 is 21.9 Å². The Bertz CT molecular complexity index is 275. The lowest BCUT2D eigenvalue weighted by Crippen LogP contribution is -2.03. The average molecular weight is 216 g/mol. The molecule has 0 aliphatic carbocycles. The molecule has 0 fully saturated rings. The van der Waals surface area contributed by atoms with E-state index in [-0.39, 0.29) is 5.69 Å². The number of rotatable bonds is 2. The van der Waals surface area contributed by atoms with E-state index in [1.54, 1.807) is 12.1 Å². The molecule has 1 N–H and O–H groups in total. The summed E-state index contributed by atoms with van der Waals surface area (Å²) in [7, 11) is 0. The van der Waals surface area contributed by atoms with E-state index in [9.17, 15) is 4.79 Å². The summed E-state index contributed by atoms with van der Waals surface area (Å²) in [6.45, 7) is 0. The first kappa shape index (κ1) is 8.20. The molecule has 0 unspecified atom stereocenters. The predicted molar refractivity (Wildman–Crippen MR) is 43.8 cm³/mol. The number of hydrogen-bond donors (Lipinski definition) is 1. The van der Waals surface area contributed by atoms with Gasteiger partial charge < -0.3 is 5.11 Å². The Balaban J connectivity index is 3.12. The van der Waals surface area contributed by atoms with Crippen LogP contribution in [0.2, 0.25) is 0 Å². The molecule has 0 spiro atoms. The van der Waals surface area contributed by atoms with Crippen molar-refractivity contribution in [2.75, 3.05) is 0 Å². The van der Waals surface area contributed by atoms with Crippen LogP contribution >= 0.6 is 15.9 Å². The fraction of sp³-hybridized carbons (Fsp3) is 0.143. The summed E-state index contributed by atoms with van der Waals surface area (Å²) in [5, 5.41) is 9.13. The molecule has 0 atom stereocenters. The van der Waals surface area contributed by atoms with Gasteiger partial charge in [0.2, 0.25) is 0 Å². The van der Waals surface area contributed by atoms with Crippen LogP contribution < -0.4 is 0 Å². The van der Waals surface area contributed by atoms with Crippen molar-refractivity contribution in [1.29, 1.82) is 0 Å². The maximum absolute atomic E-state index is 10.5. The zero-order valence-electron chi connectivity index (χ0n) is 5.62. The summed E-state index contributed by atoms with van der Waals surface area (Å²) in [5.41, 5.74) is 0.810. The second kappa shape index (κ2) is 3.48. The van der Waals surface area contributed by atoms with Crippen LogP contribution in [0.1, 0.15) is 16.1 Å². The Morgan fingerprint density at radius 2 is 2.45 bits per heavy atom. The zero-order chi connectivity index (χ0) is 8.27. The Morgan fingerprint density at radius 1 is 1.73 bits per heavy atom. The highest BCUT2D eigenvalue weighted by atomic mass is 79.9. The summed E-state index contributed by atoms with van der Waals surface area (Å²) in [6, 6.07) is 3.44. The first-order valence-electron chi connectivity index (χ1n) is 2.99. The maximum Gasteiger partial charge on any atom is 0.354 e. The van der Waals surface area contributed by atoms with E-state index in [0.29, 0.717) is 10.9 Å². The zero-order valence-corrected chi connectivity index (χ0v) is 7.21. The van der Waals surface area contributed by atoms with Gasteiger partial charge in [-0.2, -0.15) is 0 Å². The van der Waals surface area contributed by atoms with Gasteiger partial charge in [-0.25, -0.2) is 9.78 Å². The topological polar surface area (TPSA) is 50.2 Å². The highest BCUT2D eigenvalue weighted by Crippen LogP contribution is 2.08. The van der Waals surface area contributed by atoms with Gasteiger partial charge in [0, 0.05) is 11.5 Å².